The van der Waals surface area contributed by atoms with Crippen molar-refractivity contribution in [3.8, 4) is 34.8 Å². The van der Waals surface area contributed by atoms with E-state index >= 15 is 0 Å². The third kappa shape index (κ3) is 3.83. The molecule has 4 aromatic rings. The molecular formula is C23H18F3N5O. The summed E-state index contributed by atoms with van der Waals surface area (Å²) in [5.41, 5.74) is 2.54. The minimum absolute atomic E-state index is 0.187. The van der Waals surface area contributed by atoms with Crippen LogP contribution in [0.1, 0.15) is 23.7 Å². The van der Waals surface area contributed by atoms with Crippen molar-refractivity contribution in [2.75, 3.05) is 6.61 Å². The second-order valence-electron chi connectivity index (χ2n) is 6.93. The normalized spacial score (nSPS) is 11.4. The van der Waals surface area contributed by atoms with Crippen LogP contribution in [0.25, 0.3) is 22.8 Å². The topological polar surface area (TPSA) is 68.7 Å². The maximum atomic E-state index is 13.3. The zero-order chi connectivity index (χ0) is 22.9. The largest absolute Gasteiger partial charge is 0.465 e. The Hall–Kier alpha value is -4.06. The van der Waals surface area contributed by atoms with Crippen molar-refractivity contribution in [1.82, 2.24) is 19.3 Å². The number of hydrogen-bond acceptors (Lipinski definition) is 4. The second-order valence-corrected chi connectivity index (χ2v) is 6.93. The predicted molar refractivity (Wildman–Crippen MR) is 112 cm³/mol. The summed E-state index contributed by atoms with van der Waals surface area (Å²) >= 11 is 0. The van der Waals surface area contributed by atoms with Gasteiger partial charge in [-0.3, -0.25) is 4.57 Å². The standard InChI is InChI=1S/C23H18F3N5O/c1-3-32-22-29-21(15(2)30(22)19-6-4-5-17(13-19)23(24,25)26)20-11-12-28-31(20)18-9-7-16(14-27)8-10-18/h4-13H,3H2,1-2H3. The zero-order valence-electron chi connectivity index (χ0n) is 17.3. The fraction of sp³-hybridized carbons (Fsp3) is 0.174. The average molecular weight is 437 g/mol. The van der Waals surface area contributed by atoms with E-state index in [2.05, 4.69) is 16.2 Å². The van der Waals surface area contributed by atoms with Crippen molar-refractivity contribution in [1.29, 1.82) is 5.26 Å². The van der Waals surface area contributed by atoms with Crippen LogP contribution < -0.4 is 4.74 Å². The number of hydrogen-bond donors (Lipinski definition) is 0. The van der Waals surface area contributed by atoms with Crippen molar-refractivity contribution >= 4 is 0 Å². The lowest BCUT2D eigenvalue weighted by atomic mass is 10.2. The van der Waals surface area contributed by atoms with E-state index < -0.39 is 11.7 Å². The number of halogens is 3. The number of benzene rings is 2. The molecule has 2 heterocycles. The minimum atomic E-state index is -4.46. The van der Waals surface area contributed by atoms with Crippen LogP contribution in [0.4, 0.5) is 13.2 Å². The summed E-state index contributed by atoms with van der Waals surface area (Å²) in [5.74, 6) is 0. The van der Waals surface area contributed by atoms with E-state index in [4.69, 9.17) is 10.00 Å². The van der Waals surface area contributed by atoms with Gasteiger partial charge in [0.1, 0.15) is 5.69 Å². The van der Waals surface area contributed by atoms with Crippen LogP contribution in [0.15, 0.2) is 60.8 Å². The molecule has 6 nitrogen and oxygen atoms in total. The summed E-state index contributed by atoms with van der Waals surface area (Å²) < 4.78 is 48.7. The molecule has 0 saturated heterocycles. The molecular weight excluding hydrogens is 419 g/mol. The average Bonchev–Trinajstić information content (AvgIpc) is 3.38. The molecule has 0 unspecified atom stereocenters. The number of nitrogens with zero attached hydrogens (tertiary/aromatic N) is 5. The molecule has 9 heteroatoms. The highest BCUT2D eigenvalue weighted by Crippen LogP contribution is 2.34. The third-order valence-electron chi connectivity index (χ3n) is 4.91. The first kappa shape index (κ1) is 21.2. The smallest absolute Gasteiger partial charge is 0.416 e. The Labute approximate surface area is 182 Å². The maximum absolute atomic E-state index is 13.3. The second kappa shape index (κ2) is 8.23. The van der Waals surface area contributed by atoms with Crippen LogP contribution in [0.2, 0.25) is 0 Å². The fourth-order valence-corrected chi connectivity index (χ4v) is 3.44. The van der Waals surface area contributed by atoms with Gasteiger partial charge in [0.05, 0.1) is 52.8 Å². The van der Waals surface area contributed by atoms with Crippen LogP contribution in [0.5, 0.6) is 6.01 Å². The highest BCUT2D eigenvalue weighted by atomic mass is 19.4. The lowest BCUT2D eigenvalue weighted by Crippen LogP contribution is -2.08. The van der Waals surface area contributed by atoms with Crippen molar-refractivity contribution in [3.05, 3.63) is 77.6 Å². The number of nitriles is 1. The molecule has 0 atom stereocenters. The molecule has 0 aliphatic carbocycles. The first-order valence-corrected chi connectivity index (χ1v) is 9.78. The van der Waals surface area contributed by atoms with Crippen LogP contribution in [0.3, 0.4) is 0 Å². The number of ether oxygens (including phenoxy) is 1. The Morgan fingerprint density at radius 1 is 1.06 bits per heavy atom. The minimum Gasteiger partial charge on any atom is -0.465 e. The van der Waals surface area contributed by atoms with Gasteiger partial charge in [-0.2, -0.15) is 28.5 Å². The summed E-state index contributed by atoms with van der Waals surface area (Å²) in [6.45, 7) is 3.84. The van der Waals surface area contributed by atoms with Crippen molar-refractivity contribution < 1.29 is 17.9 Å². The number of alkyl halides is 3. The van der Waals surface area contributed by atoms with Gasteiger partial charge in [0.2, 0.25) is 0 Å². The monoisotopic (exact) mass is 437 g/mol. The molecule has 0 bridgehead atoms. The van der Waals surface area contributed by atoms with Crippen molar-refractivity contribution in [3.63, 3.8) is 0 Å². The van der Waals surface area contributed by atoms with E-state index in [1.165, 1.54) is 6.07 Å². The zero-order valence-corrected chi connectivity index (χ0v) is 17.3. The molecule has 2 aromatic heterocycles. The third-order valence-corrected chi connectivity index (χ3v) is 4.91. The van der Waals surface area contributed by atoms with Crippen molar-refractivity contribution in [2.24, 2.45) is 0 Å². The van der Waals surface area contributed by atoms with Gasteiger partial charge in [-0.25, -0.2) is 4.68 Å². The van der Waals surface area contributed by atoms with Crippen LogP contribution >= 0.6 is 0 Å². The predicted octanol–water partition coefficient (Wildman–Crippen LogP) is 5.32. The van der Waals surface area contributed by atoms with E-state index in [1.807, 2.05) is 0 Å². The Morgan fingerprint density at radius 3 is 2.47 bits per heavy atom. The van der Waals surface area contributed by atoms with Gasteiger partial charge in [0.15, 0.2) is 0 Å². The van der Waals surface area contributed by atoms with Crippen LogP contribution in [-0.2, 0) is 6.18 Å². The SMILES string of the molecule is CCOc1nc(-c2ccnn2-c2ccc(C#N)cc2)c(C)n1-c1cccc(C(F)(F)F)c1. The molecule has 2 aromatic carbocycles. The van der Waals surface area contributed by atoms with Gasteiger partial charge < -0.3 is 4.74 Å². The number of aromatic nitrogens is 4. The molecule has 0 aliphatic heterocycles. The van der Waals surface area contributed by atoms with E-state index in [0.29, 0.717) is 34.9 Å². The maximum Gasteiger partial charge on any atom is 0.416 e. The Bertz CT molecular complexity index is 1300. The first-order valence-electron chi connectivity index (χ1n) is 9.78. The summed E-state index contributed by atoms with van der Waals surface area (Å²) in [7, 11) is 0. The van der Waals surface area contributed by atoms with E-state index in [9.17, 15) is 13.2 Å². The summed E-state index contributed by atoms with van der Waals surface area (Å²) in [4.78, 5) is 4.58. The van der Waals surface area contributed by atoms with Gasteiger partial charge in [-0.15, -0.1) is 0 Å². The van der Waals surface area contributed by atoms with E-state index in [0.717, 1.165) is 17.8 Å². The highest BCUT2D eigenvalue weighted by molar-refractivity contribution is 5.63. The fourth-order valence-electron chi connectivity index (χ4n) is 3.44. The van der Waals surface area contributed by atoms with Crippen LogP contribution in [-0.4, -0.2) is 25.9 Å². The lowest BCUT2D eigenvalue weighted by Gasteiger charge is -2.13. The molecule has 0 aliphatic rings. The van der Waals surface area contributed by atoms with Gasteiger partial charge in [-0.1, -0.05) is 6.07 Å². The lowest BCUT2D eigenvalue weighted by molar-refractivity contribution is -0.137. The van der Waals surface area contributed by atoms with Gasteiger partial charge in [0.25, 0.3) is 0 Å². The molecule has 0 amide bonds. The summed E-state index contributed by atoms with van der Waals surface area (Å²) in [5, 5.41) is 13.4. The molecule has 0 saturated carbocycles. The molecule has 0 radical (unpaired) electrons. The molecule has 0 N–H and O–H groups in total. The molecule has 162 valence electrons. The van der Waals surface area contributed by atoms with Crippen LogP contribution in [0, 0.1) is 18.3 Å². The number of rotatable bonds is 5. The van der Waals surface area contributed by atoms with Gasteiger partial charge in [-0.05, 0) is 62.4 Å². The summed E-state index contributed by atoms with van der Waals surface area (Å²) in [6.07, 6.45) is -2.86. The Kier molecular flexibility index (Phi) is 5.45. The summed E-state index contributed by atoms with van der Waals surface area (Å²) in [6, 6.07) is 15.9. The molecule has 4 rings (SSSR count). The molecule has 0 spiro atoms. The van der Waals surface area contributed by atoms with E-state index in [-0.39, 0.29) is 6.01 Å². The first-order chi connectivity index (χ1) is 15.3. The molecule has 0 fully saturated rings. The van der Waals surface area contributed by atoms with Gasteiger partial charge >= 0.3 is 12.2 Å². The molecule has 32 heavy (non-hydrogen) atoms. The Balaban J connectivity index is 1.86. The van der Waals surface area contributed by atoms with Crippen molar-refractivity contribution in [2.45, 2.75) is 20.0 Å². The quantitative estimate of drug-likeness (QED) is 0.424. The Morgan fingerprint density at radius 2 is 1.81 bits per heavy atom. The highest BCUT2D eigenvalue weighted by Gasteiger charge is 2.31. The van der Waals surface area contributed by atoms with E-state index in [1.54, 1.807) is 65.7 Å². The van der Waals surface area contributed by atoms with Gasteiger partial charge in [0, 0.05) is 0 Å². The number of imidazole rings is 1.